The van der Waals surface area contributed by atoms with Crippen LogP contribution in [0.4, 0.5) is 5.69 Å². The van der Waals surface area contributed by atoms with Crippen LogP contribution in [0.1, 0.15) is 27.7 Å². The highest BCUT2D eigenvalue weighted by Crippen LogP contribution is 2.22. The number of hydrogen-bond acceptors (Lipinski definition) is 6. The molecule has 0 spiro atoms. The van der Waals surface area contributed by atoms with Gasteiger partial charge >= 0.3 is 0 Å². The van der Waals surface area contributed by atoms with Gasteiger partial charge < -0.3 is 10.1 Å². The van der Waals surface area contributed by atoms with E-state index in [1.807, 2.05) is 6.07 Å². The fraction of sp³-hybridized carbons (Fsp3) is 0.304. The number of nitrogens with one attached hydrogen (secondary N) is 1. The normalized spacial score (nSPS) is 15.3. The molecule has 1 fully saturated rings. The van der Waals surface area contributed by atoms with E-state index in [1.165, 1.54) is 22.4 Å². The molecule has 1 aliphatic heterocycles. The average molecular weight is 435 g/mol. The molecule has 1 saturated heterocycles. The van der Waals surface area contributed by atoms with Gasteiger partial charge in [0.1, 0.15) is 0 Å². The van der Waals surface area contributed by atoms with Crippen molar-refractivity contribution in [1.82, 2.24) is 20.0 Å². The number of morpholine rings is 1. The van der Waals surface area contributed by atoms with Crippen molar-refractivity contribution in [3.63, 3.8) is 0 Å². The molecule has 2 aromatic carbocycles. The molecule has 4 rings (SSSR count). The third-order valence-electron chi connectivity index (χ3n) is 5.52. The van der Waals surface area contributed by atoms with Crippen molar-refractivity contribution in [3.05, 3.63) is 87.7 Å². The second kappa shape index (κ2) is 9.71. The molecule has 166 valence electrons. The summed E-state index contributed by atoms with van der Waals surface area (Å²) >= 11 is 0. The van der Waals surface area contributed by atoms with E-state index in [9.17, 15) is 14.9 Å². The van der Waals surface area contributed by atoms with Crippen LogP contribution >= 0.6 is 0 Å². The fourth-order valence-corrected chi connectivity index (χ4v) is 3.82. The zero-order valence-corrected chi connectivity index (χ0v) is 17.8. The van der Waals surface area contributed by atoms with Crippen molar-refractivity contribution < 1.29 is 14.5 Å². The number of benzene rings is 2. The number of nitro benzene ring substituents is 1. The quantitative estimate of drug-likeness (QED) is 0.452. The number of aryl methyl sites for hydroxylation is 1. The highest BCUT2D eigenvalue weighted by atomic mass is 16.6. The Labute approximate surface area is 185 Å². The molecule has 1 N–H and O–H groups in total. The Morgan fingerprint density at radius 3 is 2.62 bits per heavy atom. The summed E-state index contributed by atoms with van der Waals surface area (Å²) in [5.41, 5.74) is 3.26. The van der Waals surface area contributed by atoms with E-state index in [-0.39, 0.29) is 23.3 Å². The van der Waals surface area contributed by atoms with Crippen molar-refractivity contribution in [2.45, 2.75) is 13.0 Å². The minimum Gasteiger partial charge on any atom is -0.379 e. The summed E-state index contributed by atoms with van der Waals surface area (Å²) in [6.45, 7) is 5.48. The summed E-state index contributed by atoms with van der Waals surface area (Å²) in [5.74, 6) is -0.267. The van der Waals surface area contributed by atoms with E-state index in [4.69, 9.17) is 4.74 Å². The minimum atomic E-state index is -0.454. The Hall–Kier alpha value is -3.56. The number of nitrogens with zero attached hydrogens (tertiary/aromatic N) is 4. The number of amides is 1. The van der Waals surface area contributed by atoms with Gasteiger partial charge in [-0.15, -0.1) is 0 Å². The zero-order valence-electron chi connectivity index (χ0n) is 17.8. The standard InChI is InChI=1S/C23H25N5O4/c1-17-3-2-4-18(15-17)22(26-11-13-32-14-12-26)16-24-23(29)21-9-10-27(25-21)19-5-7-20(8-6-19)28(30)31/h2-10,15,22H,11-14,16H2,1H3,(H,24,29). The first-order valence-electron chi connectivity index (χ1n) is 10.5. The number of carbonyl (C=O) groups is 1. The van der Waals surface area contributed by atoms with E-state index < -0.39 is 4.92 Å². The van der Waals surface area contributed by atoms with Gasteiger partial charge in [0.25, 0.3) is 11.6 Å². The molecule has 0 bridgehead atoms. The lowest BCUT2D eigenvalue weighted by Crippen LogP contribution is -2.43. The van der Waals surface area contributed by atoms with E-state index >= 15 is 0 Å². The van der Waals surface area contributed by atoms with Crippen LogP contribution in [-0.2, 0) is 4.74 Å². The van der Waals surface area contributed by atoms with Crippen LogP contribution in [0.3, 0.4) is 0 Å². The molecule has 0 saturated carbocycles. The first-order valence-corrected chi connectivity index (χ1v) is 10.5. The van der Waals surface area contributed by atoms with Gasteiger partial charge in [-0.05, 0) is 30.7 Å². The Morgan fingerprint density at radius 1 is 1.19 bits per heavy atom. The number of rotatable bonds is 7. The topological polar surface area (TPSA) is 103 Å². The van der Waals surface area contributed by atoms with Gasteiger partial charge in [0.05, 0.1) is 29.9 Å². The van der Waals surface area contributed by atoms with E-state index in [0.29, 0.717) is 25.4 Å². The van der Waals surface area contributed by atoms with Gasteiger partial charge in [-0.25, -0.2) is 4.68 Å². The molecule has 1 aromatic heterocycles. The molecule has 2 heterocycles. The van der Waals surface area contributed by atoms with Crippen LogP contribution in [-0.4, -0.2) is 58.4 Å². The predicted molar refractivity (Wildman–Crippen MR) is 119 cm³/mol. The van der Waals surface area contributed by atoms with Crippen molar-refractivity contribution in [1.29, 1.82) is 0 Å². The number of carbonyl (C=O) groups excluding carboxylic acids is 1. The molecule has 3 aromatic rings. The molecule has 1 atom stereocenters. The van der Waals surface area contributed by atoms with Gasteiger partial charge in [0, 0.05) is 38.0 Å². The molecule has 1 aliphatic rings. The second-order valence-electron chi connectivity index (χ2n) is 7.71. The first-order chi connectivity index (χ1) is 15.5. The fourth-order valence-electron chi connectivity index (χ4n) is 3.82. The highest BCUT2D eigenvalue weighted by molar-refractivity contribution is 5.92. The highest BCUT2D eigenvalue weighted by Gasteiger charge is 2.24. The molecule has 1 amide bonds. The Balaban J connectivity index is 1.45. The van der Waals surface area contributed by atoms with Crippen LogP contribution < -0.4 is 5.32 Å². The largest absolute Gasteiger partial charge is 0.379 e. The van der Waals surface area contributed by atoms with Crippen molar-refractivity contribution in [2.75, 3.05) is 32.8 Å². The van der Waals surface area contributed by atoms with Gasteiger partial charge in [-0.1, -0.05) is 29.8 Å². The zero-order chi connectivity index (χ0) is 22.5. The van der Waals surface area contributed by atoms with Crippen molar-refractivity contribution in [2.24, 2.45) is 0 Å². The summed E-state index contributed by atoms with van der Waals surface area (Å²) in [7, 11) is 0. The van der Waals surface area contributed by atoms with Gasteiger partial charge in [0.2, 0.25) is 0 Å². The Morgan fingerprint density at radius 2 is 1.94 bits per heavy atom. The number of ether oxygens (including phenoxy) is 1. The van der Waals surface area contributed by atoms with Crippen molar-refractivity contribution in [3.8, 4) is 5.69 Å². The van der Waals surface area contributed by atoms with Crippen molar-refractivity contribution >= 4 is 11.6 Å². The maximum atomic E-state index is 12.8. The van der Waals surface area contributed by atoms with Crippen LogP contribution in [0.25, 0.3) is 5.69 Å². The summed E-state index contributed by atoms with van der Waals surface area (Å²) in [4.78, 5) is 25.5. The third-order valence-corrected chi connectivity index (χ3v) is 5.52. The van der Waals surface area contributed by atoms with Gasteiger partial charge in [0.15, 0.2) is 5.69 Å². The molecule has 0 radical (unpaired) electrons. The number of aromatic nitrogens is 2. The number of non-ortho nitro benzene ring substituents is 1. The predicted octanol–water partition coefficient (Wildman–Crippen LogP) is 2.89. The molecular weight excluding hydrogens is 410 g/mol. The Kier molecular flexibility index (Phi) is 6.58. The second-order valence-corrected chi connectivity index (χ2v) is 7.71. The smallest absolute Gasteiger partial charge is 0.271 e. The molecule has 32 heavy (non-hydrogen) atoms. The maximum Gasteiger partial charge on any atom is 0.271 e. The minimum absolute atomic E-state index is 0.00387. The number of hydrogen-bond donors (Lipinski definition) is 1. The summed E-state index contributed by atoms with van der Waals surface area (Å²) < 4.78 is 7.02. The summed E-state index contributed by atoms with van der Waals surface area (Å²) in [6, 6.07) is 16.0. The molecule has 0 aliphatic carbocycles. The monoisotopic (exact) mass is 435 g/mol. The Bertz CT molecular complexity index is 1090. The molecular formula is C23H25N5O4. The first kappa shape index (κ1) is 21.7. The van der Waals surface area contributed by atoms with Crippen LogP contribution in [0.5, 0.6) is 0 Å². The van der Waals surface area contributed by atoms with E-state index in [0.717, 1.165) is 18.7 Å². The summed E-state index contributed by atoms with van der Waals surface area (Å²) in [6.07, 6.45) is 1.66. The van der Waals surface area contributed by atoms with E-state index in [2.05, 4.69) is 40.4 Å². The van der Waals surface area contributed by atoms with Crippen LogP contribution in [0, 0.1) is 17.0 Å². The lowest BCUT2D eigenvalue weighted by molar-refractivity contribution is -0.384. The van der Waals surface area contributed by atoms with Gasteiger partial charge in [-0.3, -0.25) is 19.8 Å². The number of nitro groups is 1. The lowest BCUT2D eigenvalue weighted by Gasteiger charge is -2.35. The van der Waals surface area contributed by atoms with Crippen LogP contribution in [0.2, 0.25) is 0 Å². The average Bonchev–Trinajstić information content (AvgIpc) is 3.30. The lowest BCUT2D eigenvalue weighted by atomic mass is 10.0. The van der Waals surface area contributed by atoms with Crippen LogP contribution in [0.15, 0.2) is 60.8 Å². The molecule has 9 heteroatoms. The summed E-state index contributed by atoms with van der Waals surface area (Å²) in [5, 5.41) is 18.2. The van der Waals surface area contributed by atoms with E-state index in [1.54, 1.807) is 24.4 Å². The maximum absolute atomic E-state index is 12.8. The molecule has 9 nitrogen and oxygen atoms in total. The SMILES string of the molecule is Cc1cccc(C(CNC(=O)c2ccn(-c3ccc([N+](=O)[O-])cc3)n2)N2CCOCC2)c1. The molecule has 1 unspecified atom stereocenters. The van der Waals surface area contributed by atoms with Gasteiger partial charge in [-0.2, -0.15) is 5.10 Å². The third kappa shape index (κ3) is 5.01.